The molecule has 2 aromatic rings. The molecular formula is C18H17BrN2O2S. The number of Topliss-reactive ketones (excluding diaryl/α,β-unsaturated/α-hetero) is 1. The summed E-state index contributed by atoms with van der Waals surface area (Å²) >= 11 is 5.07. The monoisotopic (exact) mass is 404 g/mol. The zero-order valence-corrected chi connectivity index (χ0v) is 15.9. The first-order valence-corrected chi connectivity index (χ1v) is 9.49. The third-order valence-electron chi connectivity index (χ3n) is 3.94. The topological polar surface area (TPSA) is 40.6 Å². The number of ketones is 1. The lowest BCUT2D eigenvalue weighted by Crippen LogP contribution is -2.38. The van der Waals surface area contributed by atoms with Gasteiger partial charge in [-0.25, -0.2) is 0 Å². The SMILES string of the molecule is CSc1ccc(CN(C)CN2C(=O)C(=O)c3c(Br)cccc32)cc1. The average Bonchev–Trinajstić information content (AvgIpc) is 2.81. The molecule has 24 heavy (non-hydrogen) atoms. The number of hydrogen-bond acceptors (Lipinski definition) is 4. The van der Waals surface area contributed by atoms with Crippen LogP contribution < -0.4 is 4.90 Å². The largest absolute Gasteiger partial charge is 0.300 e. The second-order valence-electron chi connectivity index (χ2n) is 5.70. The molecule has 0 saturated heterocycles. The Morgan fingerprint density at radius 2 is 1.83 bits per heavy atom. The molecule has 2 aromatic carbocycles. The van der Waals surface area contributed by atoms with Gasteiger partial charge in [0.1, 0.15) is 0 Å². The maximum Gasteiger partial charge on any atom is 0.300 e. The number of amides is 1. The van der Waals surface area contributed by atoms with Gasteiger partial charge in [-0.2, -0.15) is 0 Å². The lowest BCUT2D eigenvalue weighted by Gasteiger charge is -2.24. The van der Waals surface area contributed by atoms with Gasteiger partial charge >= 0.3 is 5.91 Å². The molecule has 0 atom stereocenters. The van der Waals surface area contributed by atoms with Crippen molar-refractivity contribution in [3.05, 3.63) is 58.1 Å². The van der Waals surface area contributed by atoms with Crippen LogP contribution in [-0.2, 0) is 11.3 Å². The number of thioether (sulfide) groups is 1. The molecule has 4 nitrogen and oxygen atoms in total. The highest BCUT2D eigenvalue weighted by Crippen LogP contribution is 2.34. The van der Waals surface area contributed by atoms with Crippen LogP contribution in [0.1, 0.15) is 15.9 Å². The van der Waals surface area contributed by atoms with Crippen molar-refractivity contribution < 1.29 is 9.59 Å². The molecule has 0 N–H and O–H groups in total. The minimum atomic E-state index is -0.471. The van der Waals surface area contributed by atoms with Crippen LogP contribution >= 0.6 is 27.7 Å². The number of fused-ring (bicyclic) bond motifs is 1. The fourth-order valence-electron chi connectivity index (χ4n) is 2.78. The first-order valence-electron chi connectivity index (χ1n) is 7.47. The summed E-state index contributed by atoms with van der Waals surface area (Å²) in [5, 5.41) is 0. The average molecular weight is 405 g/mol. The number of hydrogen-bond donors (Lipinski definition) is 0. The van der Waals surface area contributed by atoms with Crippen LogP contribution in [0.4, 0.5) is 5.69 Å². The molecule has 0 spiro atoms. The Morgan fingerprint density at radius 1 is 1.12 bits per heavy atom. The van der Waals surface area contributed by atoms with Gasteiger partial charge in [0.2, 0.25) is 0 Å². The van der Waals surface area contributed by atoms with Gasteiger partial charge in [-0.05, 0) is 59.1 Å². The van der Waals surface area contributed by atoms with Crippen LogP contribution in [0.3, 0.4) is 0 Å². The van der Waals surface area contributed by atoms with E-state index in [1.54, 1.807) is 22.7 Å². The van der Waals surface area contributed by atoms with E-state index in [-0.39, 0.29) is 0 Å². The molecule has 0 aromatic heterocycles. The quantitative estimate of drug-likeness (QED) is 0.561. The van der Waals surface area contributed by atoms with Gasteiger partial charge in [-0.3, -0.25) is 19.4 Å². The summed E-state index contributed by atoms with van der Waals surface area (Å²) in [6, 6.07) is 13.8. The minimum absolute atomic E-state index is 0.373. The number of rotatable bonds is 5. The van der Waals surface area contributed by atoms with Crippen molar-refractivity contribution in [1.82, 2.24) is 4.90 Å². The number of anilines is 1. The summed E-state index contributed by atoms with van der Waals surface area (Å²) in [5.41, 5.74) is 2.30. The molecular weight excluding hydrogens is 388 g/mol. The minimum Gasteiger partial charge on any atom is -0.291 e. The van der Waals surface area contributed by atoms with E-state index >= 15 is 0 Å². The third-order valence-corrected chi connectivity index (χ3v) is 5.35. The van der Waals surface area contributed by atoms with Crippen molar-refractivity contribution >= 4 is 45.1 Å². The first kappa shape index (κ1) is 17.2. The van der Waals surface area contributed by atoms with Crippen molar-refractivity contribution in [3.8, 4) is 0 Å². The molecule has 0 bridgehead atoms. The molecule has 1 aliphatic heterocycles. The molecule has 6 heteroatoms. The van der Waals surface area contributed by atoms with Crippen LogP contribution in [0, 0.1) is 0 Å². The van der Waals surface area contributed by atoms with Crippen LogP contribution in [0.5, 0.6) is 0 Å². The number of nitrogens with zero attached hydrogens (tertiary/aromatic N) is 2. The maximum atomic E-state index is 12.3. The van der Waals surface area contributed by atoms with Gasteiger partial charge < -0.3 is 0 Å². The standard InChI is InChI=1S/C18H17BrN2O2S/c1-20(10-12-6-8-13(24-2)9-7-12)11-21-15-5-3-4-14(19)16(15)17(22)18(21)23/h3-9H,10-11H2,1-2H3. The summed E-state index contributed by atoms with van der Waals surface area (Å²) in [4.78, 5) is 29.3. The summed E-state index contributed by atoms with van der Waals surface area (Å²) in [6.07, 6.45) is 2.05. The molecule has 0 radical (unpaired) electrons. The molecule has 0 unspecified atom stereocenters. The van der Waals surface area contributed by atoms with Gasteiger partial charge in [-0.1, -0.05) is 18.2 Å². The third kappa shape index (κ3) is 3.27. The fourth-order valence-corrected chi connectivity index (χ4v) is 3.72. The normalized spacial score (nSPS) is 13.8. The summed E-state index contributed by atoms with van der Waals surface area (Å²) in [6.45, 7) is 1.08. The molecule has 0 aliphatic carbocycles. The van der Waals surface area contributed by atoms with Crippen molar-refractivity contribution in [2.24, 2.45) is 0 Å². The van der Waals surface area contributed by atoms with Gasteiger partial charge in [0, 0.05) is 15.9 Å². The lowest BCUT2D eigenvalue weighted by molar-refractivity contribution is -0.114. The predicted molar refractivity (Wildman–Crippen MR) is 101 cm³/mol. The number of carbonyl (C=O) groups excluding carboxylic acids is 2. The highest BCUT2D eigenvalue weighted by molar-refractivity contribution is 9.10. The molecule has 1 heterocycles. The van der Waals surface area contributed by atoms with Crippen LogP contribution in [-0.4, -0.2) is 36.6 Å². The van der Waals surface area contributed by atoms with Gasteiger partial charge in [0.05, 0.1) is 17.9 Å². The van der Waals surface area contributed by atoms with E-state index in [0.29, 0.717) is 28.9 Å². The van der Waals surface area contributed by atoms with Crippen molar-refractivity contribution in [3.63, 3.8) is 0 Å². The lowest BCUT2D eigenvalue weighted by atomic mass is 10.1. The predicted octanol–water partition coefficient (Wildman–Crippen LogP) is 3.79. The molecule has 1 amide bonds. The first-order chi connectivity index (χ1) is 11.5. The zero-order chi connectivity index (χ0) is 17.3. The van der Waals surface area contributed by atoms with Crippen LogP contribution in [0.15, 0.2) is 51.8 Å². The molecule has 124 valence electrons. The smallest absolute Gasteiger partial charge is 0.291 e. The van der Waals surface area contributed by atoms with Gasteiger partial charge in [0.15, 0.2) is 0 Å². The number of benzene rings is 2. The van der Waals surface area contributed by atoms with E-state index in [0.717, 1.165) is 0 Å². The Morgan fingerprint density at radius 3 is 2.50 bits per heavy atom. The second-order valence-corrected chi connectivity index (χ2v) is 7.43. The molecule has 0 saturated carbocycles. The number of halogens is 1. The molecule has 1 aliphatic rings. The highest BCUT2D eigenvalue weighted by atomic mass is 79.9. The Hall–Kier alpha value is -1.63. The number of carbonyl (C=O) groups is 2. The Bertz CT molecular complexity index is 792. The van der Waals surface area contributed by atoms with Crippen molar-refractivity contribution in [2.45, 2.75) is 11.4 Å². The van der Waals surface area contributed by atoms with E-state index in [1.165, 1.54) is 10.5 Å². The summed E-state index contributed by atoms with van der Waals surface area (Å²) < 4.78 is 0.663. The van der Waals surface area contributed by atoms with E-state index < -0.39 is 11.7 Å². The second kappa shape index (κ2) is 7.09. The van der Waals surface area contributed by atoms with Crippen molar-refractivity contribution in [1.29, 1.82) is 0 Å². The zero-order valence-electron chi connectivity index (χ0n) is 13.5. The Kier molecular flexibility index (Phi) is 5.08. The molecule has 0 fully saturated rings. The van der Waals surface area contributed by atoms with E-state index in [1.807, 2.05) is 30.3 Å². The van der Waals surface area contributed by atoms with E-state index in [9.17, 15) is 9.59 Å². The fraction of sp³-hybridized carbons (Fsp3) is 0.222. The maximum absolute atomic E-state index is 12.3. The molecule has 3 rings (SSSR count). The van der Waals surface area contributed by atoms with Crippen LogP contribution in [0.25, 0.3) is 0 Å². The van der Waals surface area contributed by atoms with E-state index in [2.05, 4.69) is 40.2 Å². The Balaban J connectivity index is 1.75. The Labute approximate surface area is 154 Å². The van der Waals surface area contributed by atoms with Crippen LogP contribution in [0.2, 0.25) is 0 Å². The van der Waals surface area contributed by atoms with Gasteiger partial charge in [0.25, 0.3) is 5.78 Å². The van der Waals surface area contributed by atoms with E-state index in [4.69, 9.17) is 0 Å². The summed E-state index contributed by atoms with van der Waals surface area (Å²) in [5.74, 6) is -0.920. The van der Waals surface area contributed by atoms with Crippen molar-refractivity contribution in [2.75, 3.05) is 24.9 Å². The highest BCUT2D eigenvalue weighted by Gasteiger charge is 2.37. The summed E-state index contributed by atoms with van der Waals surface area (Å²) in [7, 11) is 1.94. The van der Waals surface area contributed by atoms with Gasteiger partial charge in [-0.15, -0.1) is 11.8 Å².